The van der Waals surface area contributed by atoms with Crippen molar-refractivity contribution in [2.24, 2.45) is 0 Å². The molecule has 3 amide bonds. The first-order valence-corrected chi connectivity index (χ1v) is 13.5. The van der Waals surface area contributed by atoms with Crippen molar-refractivity contribution in [1.82, 2.24) is 20.1 Å². The van der Waals surface area contributed by atoms with E-state index in [0.29, 0.717) is 52.8 Å². The van der Waals surface area contributed by atoms with Gasteiger partial charge in [-0.15, -0.1) is 0 Å². The number of aryl methyl sites for hydroxylation is 1. The number of pyridine rings is 1. The minimum Gasteiger partial charge on any atom is -0.353 e. The Labute approximate surface area is 236 Å². The number of nitrogens with one attached hydrogen (secondary N) is 1. The number of hydrogen-bond donors (Lipinski definition) is 1. The van der Waals surface area contributed by atoms with Crippen LogP contribution in [-0.2, 0) is 16.1 Å². The van der Waals surface area contributed by atoms with Gasteiger partial charge in [-0.1, -0.05) is 47.0 Å². The fourth-order valence-electron chi connectivity index (χ4n) is 5.15. The molecule has 0 saturated carbocycles. The van der Waals surface area contributed by atoms with Crippen LogP contribution in [0.25, 0.3) is 0 Å². The van der Waals surface area contributed by atoms with E-state index in [1.807, 2.05) is 31.2 Å². The number of hydrogen-bond acceptors (Lipinski definition) is 5. The molecule has 2 aliphatic rings. The second kappa shape index (κ2) is 11.3. The van der Waals surface area contributed by atoms with Crippen molar-refractivity contribution in [1.29, 1.82) is 0 Å². The molecule has 2 aromatic carbocycles. The second-order valence-corrected chi connectivity index (χ2v) is 10.6. The molecule has 3 aromatic rings. The topological polar surface area (TPSA) is 91.8 Å². The summed E-state index contributed by atoms with van der Waals surface area (Å²) in [5.74, 6) is -0.770. The standard InChI is InChI=1S/C29H28Cl2N4O4/c1-19-5-4-6-20(15-19)28(38)35-25(26(36)33-17-22-7-2-3-12-32-22)18-39-29(35)10-13-34(14-11-29)27(37)21-8-9-23(30)24(31)16-21/h2-9,12,15-16,25H,10-11,13-14,17-18H2,1H3,(H,33,36). The van der Waals surface area contributed by atoms with Gasteiger partial charge in [0.05, 0.1) is 28.9 Å². The number of halogens is 2. The van der Waals surface area contributed by atoms with Crippen LogP contribution >= 0.6 is 23.2 Å². The van der Waals surface area contributed by atoms with Crippen LogP contribution in [-0.4, -0.2) is 64.0 Å². The number of ether oxygens (including phenoxy) is 1. The third kappa shape index (κ3) is 5.64. The fraction of sp³-hybridized carbons (Fsp3) is 0.310. The van der Waals surface area contributed by atoms with E-state index < -0.39 is 11.8 Å². The second-order valence-electron chi connectivity index (χ2n) is 9.78. The van der Waals surface area contributed by atoms with Crippen molar-refractivity contribution >= 4 is 40.9 Å². The van der Waals surface area contributed by atoms with Gasteiger partial charge in [0.2, 0.25) is 5.91 Å². The number of benzene rings is 2. The summed E-state index contributed by atoms with van der Waals surface area (Å²) in [5, 5.41) is 3.59. The monoisotopic (exact) mass is 566 g/mol. The SMILES string of the molecule is Cc1cccc(C(=O)N2C(C(=O)NCc3ccccn3)COC23CCN(C(=O)c2ccc(Cl)c(Cl)c2)CC3)c1. The van der Waals surface area contributed by atoms with Crippen LogP contribution in [0.4, 0.5) is 0 Å². The first-order chi connectivity index (χ1) is 18.8. The number of aromatic nitrogens is 1. The van der Waals surface area contributed by atoms with Gasteiger partial charge in [-0.3, -0.25) is 24.3 Å². The Balaban J connectivity index is 1.36. The molecule has 10 heteroatoms. The van der Waals surface area contributed by atoms with Gasteiger partial charge in [0.1, 0.15) is 11.8 Å². The van der Waals surface area contributed by atoms with Gasteiger partial charge < -0.3 is 15.0 Å². The zero-order valence-electron chi connectivity index (χ0n) is 21.4. The maximum Gasteiger partial charge on any atom is 0.256 e. The summed E-state index contributed by atoms with van der Waals surface area (Å²) < 4.78 is 6.27. The number of carbonyl (C=O) groups excluding carboxylic acids is 3. The predicted molar refractivity (Wildman–Crippen MR) is 148 cm³/mol. The highest BCUT2D eigenvalue weighted by molar-refractivity contribution is 6.42. The molecule has 0 radical (unpaired) electrons. The van der Waals surface area contributed by atoms with E-state index in [4.69, 9.17) is 27.9 Å². The van der Waals surface area contributed by atoms with Gasteiger partial charge >= 0.3 is 0 Å². The summed E-state index contributed by atoms with van der Waals surface area (Å²) in [4.78, 5) is 48.0. The van der Waals surface area contributed by atoms with Crippen molar-refractivity contribution in [2.75, 3.05) is 19.7 Å². The summed E-state index contributed by atoms with van der Waals surface area (Å²) in [6.45, 7) is 2.91. The maximum absolute atomic E-state index is 13.9. The molecule has 1 aromatic heterocycles. The predicted octanol–water partition coefficient (Wildman–Crippen LogP) is 4.49. The summed E-state index contributed by atoms with van der Waals surface area (Å²) in [6, 6.07) is 16.7. The van der Waals surface area contributed by atoms with Crippen LogP contribution in [0, 0.1) is 6.92 Å². The summed E-state index contributed by atoms with van der Waals surface area (Å²) >= 11 is 12.1. The first kappa shape index (κ1) is 27.1. The van der Waals surface area contributed by atoms with Crippen LogP contribution in [0.15, 0.2) is 66.9 Å². The molecule has 2 fully saturated rings. The molecule has 2 saturated heterocycles. The molecular formula is C29H28Cl2N4O4. The van der Waals surface area contributed by atoms with Crippen LogP contribution in [0.2, 0.25) is 10.0 Å². The first-order valence-electron chi connectivity index (χ1n) is 12.7. The third-order valence-electron chi connectivity index (χ3n) is 7.22. The lowest BCUT2D eigenvalue weighted by atomic mass is 9.95. The summed E-state index contributed by atoms with van der Waals surface area (Å²) in [7, 11) is 0. The molecule has 3 heterocycles. The highest BCUT2D eigenvalue weighted by Crippen LogP contribution is 2.39. The molecule has 0 bridgehead atoms. The van der Waals surface area contributed by atoms with Crippen molar-refractivity contribution < 1.29 is 19.1 Å². The van der Waals surface area contributed by atoms with Crippen LogP contribution in [0.3, 0.4) is 0 Å². The highest BCUT2D eigenvalue weighted by atomic mass is 35.5. The van der Waals surface area contributed by atoms with E-state index in [0.717, 1.165) is 5.56 Å². The quantitative estimate of drug-likeness (QED) is 0.491. The Morgan fingerprint density at radius 2 is 1.74 bits per heavy atom. The Morgan fingerprint density at radius 3 is 2.44 bits per heavy atom. The van der Waals surface area contributed by atoms with Crippen molar-refractivity contribution in [3.63, 3.8) is 0 Å². The molecule has 1 unspecified atom stereocenters. The molecule has 8 nitrogen and oxygen atoms in total. The van der Waals surface area contributed by atoms with E-state index in [2.05, 4.69) is 10.3 Å². The Morgan fingerprint density at radius 1 is 0.974 bits per heavy atom. The lowest BCUT2D eigenvalue weighted by Crippen LogP contribution is -2.59. The normalized spacial score (nSPS) is 18.3. The minimum atomic E-state index is -1.01. The molecular weight excluding hydrogens is 539 g/mol. The fourth-order valence-corrected chi connectivity index (χ4v) is 5.45. The van der Waals surface area contributed by atoms with Crippen molar-refractivity contribution in [3.8, 4) is 0 Å². The van der Waals surface area contributed by atoms with E-state index in [1.54, 1.807) is 52.4 Å². The van der Waals surface area contributed by atoms with Gasteiger partial charge in [-0.25, -0.2) is 0 Å². The number of likely N-dealkylation sites (tertiary alicyclic amines) is 1. The number of piperidine rings is 1. The average molecular weight is 567 g/mol. The van der Waals surface area contributed by atoms with Gasteiger partial charge in [0.15, 0.2) is 0 Å². The minimum absolute atomic E-state index is 0.0619. The van der Waals surface area contributed by atoms with Crippen LogP contribution < -0.4 is 5.32 Å². The molecule has 0 aliphatic carbocycles. The van der Waals surface area contributed by atoms with E-state index in [1.165, 1.54) is 0 Å². The molecule has 2 aliphatic heterocycles. The number of nitrogens with zero attached hydrogens (tertiary/aromatic N) is 3. The summed E-state index contributed by atoms with van der Waals surface area (Å²) in [5.41, 5.74) is 1.56. The Bertz CT molecular complexity index is 1390. The zero-order valence-corrected chi connectivity index (χ0v) is 22.9. The maximum atomic E-state index is 13.9. The van der Waals surface area contributed by atoms with E-state index in [9.17, 15) is 14.4 Å². The molecule has 1 spiro atoms. The number of carbonyl (C=O) groups is 3. The van der Waals surface area contributed by atoms with Gasteiger partial charge in [0.25, 0.3) is 11.8 Å². The van der Waals surface area contributed by atoms with Crippen LogP contribution in [0.1, 0.15) is 44.8 Å². The van der Waals surface area contributed by atoms with Gasteiger partial charge in [0, 0.05) is 43.3 Å². The number of rotatable bonds is 5. The highest BCUT2D eigenvalue weighted by Gasteiger charge is 2.54. The van der Waals surface area contributed by atoms with Gasteiger partial charge in [-0.2, -0.15) is 0 Å². The van der Waals surface area contributed by atoms with E-state index >= 15 is 0 Å². The molecule has 1 N–H and O–H groups in total. The average Bonchev–Trinajstić information content (AvgIpc) is 3.31. The smallest absolute Gasteiger partial charge is 0.256 e. The van der Waals surface area contributed by atoms with Crippen molar-refractivity contribution in [2.45, 2.75) is 38.1 Å². The Hall–Kier alpha value is -3.46. The lowest BCUT2D eigenvalue weighted by molar-refractivity contribution is -0.128. The third-order valence-corrected chi connectivity index (χ3v) is 7.95. The van der Waals surface area contributed by atoms with Crippen LogP contribution in [0.5, 0.6) is 0 Å². The Kier molecular flexibility index (Phi) is 7.88. The molecule has 39 heavy (non-hydrogen) atoms. The van der Waals surface area contributed by atoms with Crippen molar-refractivity contribution in [3.05, 3.63) is 99.3 Å². The summed E-state index contributed by atoms with van der Waals surface area (Å²) in [6.07, 6.45) is 2.39. The zero-order chi connectivity index (χ0) is 27.6. The number of amides is 3. The largest absolute Gasteiger partial charge is 0.353 e. The van der Waals surface area contributed by atoms with Gasteiger partial charge in [-0.05, 0) is 49.4 Å². The lowest BCUT2D eigenvalue weighted by Gasteiger charge is -2.44. The molecule has 1 atom stereocenters. The molecule has 202 valence electrons. The van der Waals surface area contributed by atoms with E-state index in [-0.39, 0.29) is 30.9 Å². The molecule has 5 rings (SSSR count).